The molecule has 5 rings (SSSR count). The number of nitrogens with one attached hydrogen (secondary N) is 5. The van der Waals surface area contributed by atoms with E-state index in [-0.39, 0.29) is 36.6 Å². The maximum atomic E-state index is 13.4. The molecule has 5 N–H and O–H groups in total. The van der Waals surface area contributed by atoms with E-state index in [2.05, 4.69) is 36.2 Å². The Morgan fingerprint density at radius 2 is 1.45 bits per heavy atom. The van der Waals surface area contributed by atoms with Crippen molar-refractivity contribution in [1.29, 1.82) is 0 Å². The number of carbonyl (C=O) groups excluding carboxylic acids is 3. The molecule has 4 aromatic rings. The van der Waals surface area contributed by atoms with Crippen LogP contribution >= 0.6 is 11.6 Å². The molecule has 1 fully saturated rings. The van der Waals surface area contributed by atoms with Crippen molar-refractivity contribution < 1.29 is 49.9 Å². The number of anilines is 4. The molecule has 1 saturated carbocycles. The molecule has 0 spiro atoms. The molecule has 1 aromatic heterocycles. The molecule has 55 heavy (non-hydrogen) atoms. The van der Waals surface area contributed by atoms with E-state index >= 15 is 0 Å². The second-order valence-electron chi connectivity index (χ2n) is 13.3. The Balaban J connectivity index is 1.17. The van der Waals surface area contributed by atoms with Crippen LogP contribution in [0.15, 0.2) is 66.7 Å². The molecule has 0 atom stereocenters. The highest BCUT2D eigenvalue weighted by Crippen LogP contribution is 2.48. The number of hydrogen-bond acceptors (Lipinski definition) is 9. The van der Waals surface area contributed by atoms with Crippen LogP contribution in [0.5, 0.6) is 6.01 Å². The van der Waals surface area contributed by atoms with Gasteiger partial charge in [0.15, 0.2) is 6.61 Å². The predicted octanol–water partition coefficient (Wildman–Crippen LogP) is 6.98. The maximum Gasteiger partial charge on any atom is 0.422 e. The van der Waals surface area contributed by atoms with Crippen molar-refractivity contribution in [1.82, 2.24) is 25.6 Å². The van der Waals surface area contributed by atoms with Crippen LogP contribution in [0.3, 0.4) is 0 Å². The van der Waals surface area contributed by atoms with Gasteiger partial charge in [-0.15, -0.1) is 0 Å². The van der Waals surface area contributed by atoms with Crippen LogP contribution in [0.2, 0.25) is 5.02 Å². The predicted molar refractivity (Wildman–Crippen MR) is 186 cm³/mol. The molecule has 0 bridgehead atoms. The zero-order chi connectivity index (χ0) is 40.2. The molecule has 0 saturated heterocycles. The van der Waals surface area contributed by atoms with Crippen molar-refractivity contribution >= 4 is 52.6 Å². The minimum Gasteiger partial charge on any atom is -0.454 e. The van der Waals surface area contributed by atoms with Crippen LogP contribution in [-0.2, 0) is 21.3 Å². The fourth-order valence-electron chi connectivity index (χ4n) is 5.03. The molecule has 12 nitrogen and oxygen atoms in total. The average Bonchev–Trinajstić information content (AvgIpc) is 3.89. The van der Waals surface area contributed by atoms with E-state index in [1.54, 1.807) is 26.0 Å². The lowest BCUT2D eigenvalue weighted by Crippen LogP contribution is -2.45. The summed E-state index contributed by atoms with van der Waals surface area (Å²) < 4.78 is 96.7. The fourth-order valence-corrected chi connectivity index (χ4v) is 5.16. The smallest absolute Gasteiger partial charge is 0.422 e. The minimum absolute atomic E-state index is 0.0111. The van der Waals surface area contributed by atoms with E-state index in [0.717, 1.165) is 5.56 Å². The molecule has 1 aliphatic rings. The van der Waals surface area contributed by atoms with Crippen LogP contribution in [0.25, 0.3) is 0 Å². The summed E-state index contributed by atoms with van der Waals surface area (Å²) >= 11 is 6.01. The molecule has 292 valence electrons. The van der Waals surface area contributed by atoms with Gasteiger partial charge in [-0.05, 0) is 78.4 Å². The third kappa shape index (κ3) is 11.4. The van der Waals surface area contributed by atoms with Crippen molar-refractivity contribution in [3.8, 4) is 6.01 Å². The van der Waals surface area contributed by atoms with Crippen LogP contribution in [0, 0.1) is 11.2 Å². The summed E-state index contributed by atoms with van der Waals surface area (Å²) in [6, 6.07) is 14.0. The molecule has 1 heterocycles. The highest BCUT2D eigenvalue weighted by molar-refractivity contribution is 6.39. The number of aromatic nitrogens is 3. The number of halogens is 8. The summed E-state index contributed by atoms with van der Waals surface area (Å²) in [6.07, 6.45) is -8.25. The second kappa shape index (κ2) is 15.9. The van der Waals surface area contributed by atoms with Gasteiger partial charge in [-0.2, -0.15) is 41.3 Å². The summed E-state index contributed by atoms with van der Waals surface area (Å²) in [6.45, 7) is 1.47. The monoisotopic (exact) mass is 796 g/mol. The van der Waals surface area contributed by atoms with E-state index < -0.39 is 70.7 Å². The summed E-state index contributed by atoms with van der Waals surface area (Å²) in [5, 5.41) is 13.4. The zero-order valence-electron chi connectivity index (χ0n) is 28.9. The van der Waals surface area contributed by atoms with Gasteiger partial charge >= 0.3 is 30.2 Å². The first-order valence-electron chi connectivity index (χ1n) is 16.3. The molecular formula is C35H32ClF7N8O4. The number of rotatable bonds is 13. The van der Waals surface area contributed by atoms with E-state index in [0.29, 0.717) is 35.7 Å². The number of nitrogens with zero attached hydrogens (tertiary/aromatic N) is 3. The molecule has 0 radical (unpaired) electrons. The lowest BCUT2D eigenvalue weighted by Gasteiger charge is -2.25. The molecule has 0 aliphatic heterocycles. The van der Waals surface area contributed by atoms with Gasteiger partial charge in [0.2, 0.25) is 11.9 Å². The Hall–Kier alpha value is -5.72. The largest absolute Gasteiger partial charge is 0.454 e. The van der Waals surface area contributed by atoms with Gasteiger partial charge in [0.25, 0.3) is 5.91 Å². The van der Waals surface area contributed by atoms with E-state index in [9.17, 15) is 45.1 Å². The Morgan fingerprint density at radius 1 is 0.818 bits per heavy atom. The summed E-state index contributed by atoms with van der Waals surface area (Å²) in [5.41, 5.74) is -2.23. The van der Waals surface area contributed by atoms with Gasteiger partial charge in [-0.25, -0.2) is 4.39 Å². The number of hydrogen-bond donors (Lipinski definition) is 5. The lowest BCUT2D eigenvalue weighted by atomic mass is 9.93. The van der Waals surface area contributed by atoms with Gasteiger partial charge in [0.1, 0.15) is 5.82 Å². The van der Waals surface area contributed by atoms with Crippen LogP contribution in [0.4, 0.5) is 54.0 Å². The molecule has 20 heteroatoms. The van der Waals surface area contributed by atoms with Gasteiger partial charge in [0, 0.05) is 29.4 Å². The molecule has 1 aliphatic carbocycles. The highest BCUT2D eigenvalue weighted by atomic mass is 35.5. The average molecular weight is 797 g/mol. The molecule has 3 aromatic carbocycles. The minimum atomic E-state index is -4.99. The number of amides is 3. The van der Waals surface area contributed by atoms with Crippen molar-refractivity contribution in [3.63, 3.8) is 0 Å². The zero-order valence-corrected chi connectivity index (χ0v) is 29.6. The van der Waals surface area contributed by atoms with Gasteiger partial charge in [-0.1, -0.05) is 37.6 Å². The van der Waals surface area contributed by atoms with E-state index in [4.69, 9.17) is 16.3 Å². The Bertz CT molecular complexity index is 2040. The third-order valence-corrected chi connectivity index (χ3v) is 8.33. The number of alkyl halides is 6. The van der Waals surface area contributed by atoms with Crippen LogP contribution in [0.1, 0.15) is 48.2 Å². The molecular weight excluding hydrogens is 765 g/mol. The lowest BCUT2D eigenvalue weighted by molar-refractivity contribution is -0.154. The summed E-state index contributed by atoms with van der Waals surface area (Å²) in [5.74, 6) is -4.55. The topological polar surface area (TPSA) is 159 Å². The SMILES string of the molecule is CC(C)(CNC(=O)C(=O)Nc1ccc(F)cc1C(F)(F)F)CNC(=O)c1ccc(Nc2nc(NC3(c4ccc(Cl)cc4)CC3)nc(OCC(F)(F)F)n2)cc1. The quantitative estimate of drug-likeness (QED) is 0.0711. The van der Waals surface area contributed by atoms with Crippen molar-refractivity contribution in [2.24, 2.45) is 5.41 Å². The summed E-state index contributed by atoms with van der Waals surface area (Å²) in [7, 11) is 0. The van der Waals surface area contributed by atoms with Gasteiger partial charge in [-0.3, -0.25) is 14.4 Å². The van der Waals surface area contributed by atoms with E-state index in [1.165, 1.54) is 24.3 Å². The summed E-state index contributed by atoms with van der Waals surface area (Å²) in [4.78, 5) is 49.8. The standard InChI is InChI=1S/C35H32ClF7N8O4/c1-32(2,17-45-27(53)28(54)47-25-12-9-22(37)15-24(25)35(41,42)43)16-44-26(52)19-3-10-23(11-4-19)46-29-48-30(50-31(49-29)55-18-34(38,39)40)51-33(13-14-33)20-5-7-21(36)8-6-20/h3-12,15H,13-14,16-18H2,1-2H3,(H,44,52)(H,45,53)(H,47,54)(H2,46,48,49,50,51). The van der Waals surface area contributed by atoms with Crippen molar-refractivity contribution in [3.05, 3.63) is 94.3 Å². The van der Waals surface area contributed by atoms with E-state index in [1.807, 2.05) is 17.4 Å². The highest BCUT2D eigenvalue weighted by Gasteiger charge is 2.45. The molecule has 0 unspecified atom stereocenters. The number of benzene rings is 3. The van der Waals surface area contributed by atoms with Gasteiger partial charge in [0.05, 0.1) is 16.8 Å². The molecule has 3 amide bonds. The third-order valence-electron chi connectivity index (χ3n) is 8.08. The van der Waals surface area contributed by atoms with Crippen molar-refractivity contribution in [2.45, 2.75) is 44.6 Å². The normalized spacial score (nSPS) is 13.7. The Kier molecular flexibility index (Phi) is 11.7. The van der Waals surface area contributed by atoms with Crippen molar-refractivity contribution in [2.75, 3.05) is 35.6 Å². The number of ether oxygens (including phenoxy) is 1. The first-order valence-corrected chi connectivity index (χ1v) is 16.7. The van der Waals surface area contributed by atoms with Crippen LogP contribution < -0.4 is 31.3 Å². The Labute approximate surface area is 313 Å². The van der Waals surface area contributed by atoms with Crippen LogP contribution in [-0.4, -0.2) is 58.5 Å². The maximum absolute atomic E-state index is 13.4. The fraction of sp³-hybridized carbons (Fsp3) is 0.314. The first-order chi connectivity index (χ1) is 25.7. The first kappa shape index (κ1) is 40.5. The second-order valence-corrected chi connectivity index (χ2v) is 13.7. The number of carbonyl (C=O) groups is 3. The Morgan fingerprint density at radius 3 is 2.07 bits per heavy atom. The van der Waals surface area contributed by atoms with Gasteiger partial charge < -0.3 is 31.3 Å².